The number of aryl methyl sites for hydroxylation is 1. The summed E-state index contributed by atoms with van der Waals surface area (Å²) in [5, 5.41) is 3.94. The topological polar surface area (TPSA) is 62.3 Å². The van der Waals surface area contributed by atoms with E-state index in [4.69, 9.17) is 0 Å². The second kappa shape index (κ2) is 6.81. The monoisotopic (exact) mass is 429 g/mol. The first kappa shape index (κ1) is 17.2. The van der Waals surface area contributed by atoms with Crippen molar-refractivity contribution in [1.29, 1.82) is 0 Å². The molecule has 0 radical (unpaired) electrons. The van der Waals surface area contributed by atoms with Gasteiger partial charge in [0.05, 0.1) is 26.8 Å². The van der Waals surface area contributed by atoms with E-state index in [-0.39, 0.29) is 24.2 Å². The Morgan fingerprint density at radius 3 is 2.92 bits per heavy atom. The van der Waals surface area contributed by atoms with Crippen LogP contribution in [-0.2, 0) is 9.59 Å². The molecule has 2 amide bonds. The van der Waals surface area contributed by atoms with Crippen LogP contribution >= 0.6 is 27.3 Å². The van der Waals surface area contributed by atoms with Crippen molar-refractivity contribution < 1.29 is 9.59 Å². The molecule has 1 saturated heterocycles. The highest BCUT2D eigenvalue weighted by Crippen LogP contribution is 2.32. The normalized spacial score (nSPS) is 17.1. The van der Waals surface area contributed by atoms with Gasteiger partial charge in [-0.1, -0.05) is 12.1 Å². The zero-order chi connectivity index (χ0) is 18.3. The number of aromatic nitrogens is 1. The number of anilines is 2. The van der Waals surface area contributed by atoms with E-state index in [1.54, 1.807) is 16.2 Å². The number of benzene rings is 2. The van der Waals surface area contributed by atoms with Crippen molar-refractivity contribution in [3.8, 4) is 0 Å². The van der Waals surface area contributed by atoms with Crippen LogP contribution in [0.25, 0.3) is 10.2 Å². The Bertz CT molecular complexity index is 1020. The van der Waals surface area contributed by atoms with Crippen molar-refractivity contribution in [3.63, 3.8) is 0 Å². The number of carbonyl (C=O) groups is 2. The molecular formula is C19H16BrN3O2S. The van der Waals surface area contributed by atoms with Gasteiger partial charge in [0.25, 0.3) is 0 Å². The van der Waals surface area contributed by atoms with Gasteiger partial charge in [-0.3, -0.25) is 9.59 Å². The second-order valence-corrected chi connectivity index (χ2v) is 8.35. The first-order chi connectivity index (χ1) is 12.5. The molecule has 0 aliphatic carbocycles. The lowest BCUT2D eigenvalue weighted by molar-refractivity contribution is -0.122. The van der Waals surface area contributed by atoms with Crippen molar-refractivity contribution in [2.24, 2.45) is 5.92 Å². The summed E-state index contributed by atoms with van der Waals surface area (Å²) in [7, 11) is 0. The Balaban J connectivity index is 1.49. The number of carbonyl (C=O) groups excluding carboxylic acids is 2. The van der Waals surface area contributed by atoms with Crippen LogP contribution in [0.5, 0.6) is 0 Å². The van der Waals surface area contributed by atoms with E-state index >= 15 is 0 Å². The molecule has 1 atom stereocenters. The first-order valence-electron chi connectivity index (χ1n) is 8.24. The molecule has 1 aliphatic rings. The Kier molecular flexibility index (Phi) is 4.50. The predicted octanol–water partition coefficient (Wildman–Crippen LogP) is 4.36. The van der Waals surface area contributed by atoms with Gasteiger partial charge in [0.2, 0.25) is 11.8 Å². The van der Waals surface area contributed by atoms with Gasteiger partial charge in [0.1, 0.15) is 0 Å². The number of thiazole rings is 1. The molecule has 0 unspecified atom stereocenters. The highest BCUT2D eigenvalue weighted by molar-refractivity contribution is 9.10. The SMILES string of the molecule is Cc1nc2ccc(NC(=O)[C@@H]3CC(=O)N(c4ccccc4Br)C3)cc2s1. The Morgan fingerprint density at radius 2 is 2.12 bits per heavy atom. The molecule has 1 N–H and O–H groups in total. The Hall–Kier alpha value is -2.25. The van der Waals surface area contributed by atoms with Crippen LogP contribution in [0, 0.1) is 12.8 Å². The zero-order valence-corrected chi connectivity index (χ0v) is 16.4. The van der Waals surface area contributed by atoms with Crippen molar-refractivity contribution in [2.45, 2.75) is 13.3 Å². The lowest BCUT2D eigenvalue weighted by Crippen LogP contribution is -2.28. The number of hydrogen-bond acceptors (Lipinski definition) is 4. The molecule has 0 bridgehead atoms. The van der Waals surface area contributed by atoms with Crippen LogP contribution in [0.2, 0.25) is 0 Å². The lowest BCUT2D eigenvalue weighted by atomic mass is 10.1. The molecule has 7 heteroatoms. The van der Waals surface area contributed by atoms with Crippen molar-refractivity contribution in [1.82, 2.24) is 4.98 Å². The number of nitrogens with zero attached hydrogens (tertiary/aromatic N) is 2. The van der Waals surface area contributed by atoms with Gasteiger partial charge in [-0.15, -0.1) is 11.3 Å². The maximum Gasteiger partial charge on any atom is 0.229 e. The highest BCUT2D eigenvalue weighted by Gasteiger charge is 2.35. The number of fused-ring (bicyclic) bond motifs is 1. The number of hydrogen-bond donors (Lipinski definition) is 1. The van der Waals surface area contributed by atoms with Crippen LogP contribution in [-0.4, -0.2) is 23.3 Å². The minimum Gasteiger partial charge on any atom is -0.326 e. The van der Waals surface area contributed by atoms with Crippen LogP contribution in [0.3, 0.4) is 0 Å². The standard InChI is InChI=1S/C19H16BrN3O2S/c1-11-21-15-7-6-13(9-17(15)26-11)22-19(25)12-8-18(24)23(10-12)16-5-3-2-4-14(16)20/h2-7,9,12H,8,10H2,1H3,(H,22,25)/t12-/m1/s1. The third-order valence-corrected chi connectivity index (χ3v) is 6.01. The van der Waals surface area contributed by atoms with Crippen LogP contribution in [0.15, 0.2) is 46.9 Å². The molecule has 1 aliphatic heterocycles. The third-order valence-electron chi connectivity index (χ3n) is 4.40. The van der Waals surface area contributed by atoms with E-state index in [2.05, 4.69) is 26.2 Å². The molecule has 3 aromatic rings. The summed E-state index contributed by atoms with van der Waals surface area (Å²) in [5.74, 6) is -0.535. The summed E-state index contributed by atoms with van der Waals surface area (Å²) in [5.41, 5.74) is 2.47. The molecule has 5 nitrogen and oxygen atoms in total. The second-order valence-electron chi connectivity index (χ2n) is 6.26. The molecule has 1 fully saturated rings. The predicted molar refractivity (Wildman–Crippen MR) is 108 cm³/mol. The van der Waals surface area contributed by atoms with E-state index in [9.17, 15) is 9.59 Å². The van der Waals surface area contributed by atoms with Crippen molar-refractivity contribution >= 4 is 60.7 Å². The molecule has 0 spiro atoms. The number of rotatable bonds is 3. The van der Waals surface area contributed by atoms with Crippen molar-refractivity contribution in [3.05, 3.63) is 51.9 Å². The van der Waals surface area contributed by atoms with Gasteiger partial charge in [-0.25, -0.2) is 4.98 Å². The summed E-state index contributed by atoms with van der Waals surface area (Å²) in [6.07, 6.45) is 0.217. The van der Waals surface area contributed by atoms with E-state index in [1.807, 2.05) is 49.4 Å². The van der Waals surface area contributed by atoms with Gasteiger partial charge in [0.15, 0.2) is 0 Å². The van der Waals surface area contributed by atoms with E-state index in [0.29, 0.717) is 6.54 Å². The average molecular weight is 430 g/mol. The van der Waals surface area contributed by atoms with Gasteiger partial charge < -0.3 is 10.2 Å². The smallest absolute Gasteiger partial charge is 0.229 e. The van der Waals surface area contributed by atoms with Crippen LogP contribution < -0.4 is 10.2 Å². The summed E-state index contributed by atoms with van der Waals surface area (Å²) < 4.78 is 1.89. The summed E-state index contributed by atoms with van der Waals surface area (Å²) >= 11 is 5.07. The Morgan fingerprint density at radius 1 is 1.31 bits per heavy atom. The average Bonchev–Trinajstić information content (AvgIpc) is 3.17. The lowest BCUT2D eigenvalue weighted by Gasteiger charge is -2.18. The van der Waals surface area contributed by atoms with Crippen LogP contribution in [0.1, 0.15) is 11.4 Å². The van der Waals surface area contributed by atoms with E-state index in [0.717, 1.165) is 31.1 Å². The first-order valence-corrected chi connectivity index (χ1v) is 9.85. The number of para-hydroxylation sites is 1. The van der Waals surface area contributed by atoms with Gasteiger partial charge in [-0.05, 0) is 53.2 Å². The van der Waals surface area contributed by atoms with Gasteiger partial charge in [-0.2, -0.15) is 0 Å². The van der Waals surface area contributed by atoms with Crippen LogP contribution in [0.4, 0.5) is 11.4 Å². The number of nitrogens with one attached hydrogen (secondary N) is 1. The fourth-order valence-corrected chi connectivity index (χ4v) is 4.51. The highest BCUT2D eigenvalue weighted by atomic mass is 79.9. The minimum absolute atomic E-state index is 0.0365. The molecule has 2 heterocycles. The fourth-order valence-electron chi connectivity index (χ4n) is 3.15. The number of amides is 2. The van der Waals surface area contributed by atoms with E-state index in [1.165, 1.54) is 0 Å². The third kappa shape index (κ3) is 3.24. The summed E-state index contributed by atoms with van der Waals surface area (Å²) in [4.78, 5) is 31.1. The summed E-state index contributed by atoms with van der Waals surface area (Å²) in [6.45, 7) is 2.35. The molecule has 1 aromatic heterocycles. The van der Waals surface area contributed by atoms with Crippen molar-refractivity contribution in [2.75, 3.05) is 16.8 Å². The maximum atomic E-state index is 12.6. The maximum absolute atomic E-state index is 12.6. The fraction of sp³-hybridized carbons (Fsp3) is 0.211. The molecular weight excluding hydrogens is 414 g/mol. The van der Waals surface area contributed by atoms with E-state index < -0.39 is 0 Å². The molecule has 26 heavy (non-hydrogen) atoms. The molecule has 0 saturated carbocycles. The van der Waals surface area contributed by atoms with Gasteiger partial charge in [0, 0.05) is 23.1 Å². The zero-order valence-electron chi connectivity index (χ0n) is 14.0. The number of halogens is 1. The minimum atomic E-state index is -0.367. The molecule has 2 aromatic carbocycles. The Labute approximate surface area is 163 Å². The quantitative estimate of drug-likeness (QED) is 0.672. The molecule has 132 valence electrons. The largest absolute Gasteiger partial charge is 0.326 e. The molecule has 4 rings (SSSR count). The summed E-state index contributed by atoms with van der Waals surface area (Å²) in [6, 6.07) is 13.2. The van der Waals surface area contributed by atoms with Gasteiger partial charge >= 0.3 is 0 Å².